The van der Waals surface area contributed by atoms with Gasteiger partial charge in [0, 0.05) is 0 Å². The molecule has 5 heteroatoms. The van der Waals surface area contributed by atoms with Crippen LogP contribution in [0.3, 0.4) is 0 Å². The van der Waals surface area contributed by atoms with Crippen LogP contribution >= 0.6 is 0 Å². The monoisotopic (exact) mass is 234 g/mol. The first kappa shape index (κ1) is 15.3. The van der Waals surface area contributed by atoms with Gasteiger partial charge in [-0.05, 0) is 19.3 Å². The Morgan fingerprint density at radius 1 is 0.938 bits per heavy atom. The highest BCUT2D eigenvalue weighted by molar-refractivity contribution is 5.73. The van der Waals surface area contributed by atoms with Crippen LogP contribution in [0.1, 0.15) is 40.0 Å². The summed E-state index contributed by atoms with van der Waals surface area (Å²) in [4.78, 5) is 11.2. The van der Waals surface area contributed by atoms with Crippen molar-refractivity contribution in [3.8, 4) is 0 Å². The van der Waals surface area contributed by atoms with Gasteiger partial charge in [-0.1, -0.05) is 20.8 Å². The summed E-state index contributed by atoms with van der Waals surface area (Å²) in [6.07, 6.45) is 2.12. The maximum absolute atomic E-state index is 11.2. The van der Waals surface area contributed by atoms with Crippen molar-refractivity contribution in [1.29, 1.82) is 0 Å². The summed E-state index contributed by atoms with van der Waals surface area (Å²) in [6, 6.07) is 0. The lowest BCUT2D eigenvalue weighted by atomic mass is 10.4. The van der Waals surface area contributed by atoms with E-state index in [0.29, 0.717) is 39.1 Å². The van der Waals surface area contributed by atoms with Gasteiger partial charge in [0.25, 0.3) is 0 Å². The van der Waals surface area contributed by atoms with Gasteiger partial charge in [-0.2, -0.15) is 0 Å². The topological polar surface area (TPSA) is 65.0 Å². The Morgan fingerprint density at radius 2 is 1.25 bits per heavy atom. The zero-order valence-electron chi connectivity index (χ0n) is 10.3. The van der Waals surface area contributed by atoms with Crippen molar-refractivity contribution in [1.82, 2.24) is 0 Å². The third kappa shape index (κ3) is 4.92. The van der Waals surface area contributed by atoms with Gasteiger partial charge in [0.05, 0.1) is 19.8 Å². The maximum atomic E-state index is 11.2. The van der Waals surface area contributed by atoms with Crippen LogP contribution in [-0.2, 0) is 19.0 Å². The first-order valence-corrected chi connectivity index (χ1v) is 5.78. The Kier molecular flexibility index (Phi) is 8.15. The average molecular weight is 234 g/mol. The molecule has 0 aliphatic carbocycles. The molecule has 0 heterocycles. The molecule has 5 nitrogen and oxygen atoms in total. The number of hydrogen-bond donors (Lipinski definition) is 1. The largest absolute Gasteiger partial charge is 0.475 e. The summed E-state index contributed by atoms with van der Waals surface area (Å²) in [7, 11) is 0. The highest BCUT2D eigenvalue weighted by atomic mass is 16.9. The lowest BCUT2D eigenvalue weighted by Gasteiger charge is -2.28. The number of rotatable bonds is 10. The van der Waals surface area contributed by atoms with E-state index in [2.05, 4.69) is 0 Å². The highest BCUT2D eigenvalue weighted by Crippen LogP contribution is 2.17. The van der Waals surface area contributed by atoms with Gasteiger partial charge in [0.1, 0.15) is 0 Å². The Morgan fingerprint density at radius 3 is 1.44 bits per heavy atom. The molecule has 0 amide bonds. The molecule has 0 unspecified atom stereocenters. The molecule has 0 saturated carbocycles. The molecule has 0 aliphatic rings. The second kappa shape index (κ2) is 8.50. The molecular weight excluding hydrogens is 212 g/mol. The summed E-state index contributed by atoms with van der Waals surface area (Å²) < 4.78 is 15.6. The quantitative estimate of drug-likeness (QED) is 0.586. The molecule has 0 aliphatic heterocycles. The molecule has 0 rings (SSSR count). The third-order valence-electron chi connectivity index (χ3n) is 1.75. The van der Waals surface area contributed by atoms with Crippen molar-refractivity contribution >= 4 is 5.97 Å². The first-order chi connectivity index (χ1) is 7.63. The van der Waals surface area contributed by atoms with Crippen molar-refractivity contribution in [2.45, 2.75) is 46.0 Å². The molecule has 0 aromatic rings. The summed E-state index contributed by atoms with van der Waals surface area (Å²) in [6.45, 7) is 6.56. The molecule has 0 aromatic heterocycles. The van der Waals surface area contributed by atoms with Crippen LogP contribution in [0.25, 0.3) is 0 Å². The van der Waals surface area contributed by atoms with Gasteiger partial charge in [0.2, 0.25) is 0 Å². The third-order valence-corrected chi connectivity index (χ3v) is 1.75. The number of ether oxygens (including phenoxy) is 3. The highest BCUT2D eigenvalue weighted by Gasteiger charge is 2.42. The van der Waals surface area contributed by atoms with Crippen molar-refractivity contribution in [3.05, 3.63) is 0 Å². The zero-order valence-corrected chi connectivity index (χ0v) is 10.3. The first-order valence-electron chi connectivity index (χ1n) is 5.78. The summed E-state index contributed by atoms with van der Waals surface area (Å²) in [5.41, 5.74) is 0. The van der Waals surface area contributed by atoms with Gasteiger partial charge in [0.15, 0.2) is 0 Å². The van der Waals surface area contributed by atoms with Crippen LogP contribution in [-0.4, -0.2) is 36.9 Å². The van der Waals surface area contributed by atoms with Gasteiger partial charge >= 0.3 is 11.9 Å². The van der Waals surface area contributed by atoms with Crippen LogP contribution in [0.2, 0.25) is 0 Å². The zero-order chi connectivity index (χ0) is 12.4. The number of carboxylic acids is 1. The van der Waals surface area contributed by atoms with E-state index < -0.39 is 11.9 Å². The SMILES string of the molecule is CCCOC(OCCC)(OCCC)C(=O)O. The van der Waals surface area contributed by atoms with Gasteiger partial charge in [-0.15, -0.1) is 0 Å². The predicted molar refractivity (Wildman–Crippen MR) is 59.1 cm³/mol. The number of carboxylic acid groups (broad SMARTS) is 1. The van der Waals surface area contributed by atoms with Crippen LogP contribution in [0.4, 0.5) is 0 Å². The van der Waals surface area contributed by atoms with E-state index in [1.165, 1.54) is 0 Å². The second-order valence-electron chi connectivity index (χ2n) is 3.41. The van der Waals surface area contributed by atoms with Gasteiger partial charge in [-0.25, -0.2) is 4.79 Å². The van der Waals surface area contributed by atoms with Crippen LogP contribution in [0.15, 0.2) is 0 Å². The lowest BCUT2D eigenvalue weighted by molar-refractivity contribution is -0.362. The summed E-state index contributed by atoms with van der Waals surface area (Å²) in [5, 5.41) is 9.13. The molecule has 16 heavy (non-hydrogen) atoms. The van der Waals surface area contributed by atoms with E-state index in [9.17, 15) is 4.79 Å². The van der Waals surface area contributed by atoms with Crippen LogP contribution in [0.5, 0.6) is 0 Å². The maximum Gasteiger partial charge on any atom is 0.395 e. The van der Waals surface area contributed by atoms with E-state index in [4.69, 9.17) is 19.3 Å². The Hall–Kier alpha value is -0.650. The predicted octanol–water partition coefficient (Wildman–Crippen LogP) is 2.00. The fourth-order valence-electron chi connectivity index (χ4n) is 1.02. The van der Waals surface area contributed by atoms with Crippen molar-refractivity contribution < 1.29 is 24.1 Å². The van der Waals surface area contributed by atoms with Crippen molar-refractivity contribution in [2.24, 2.45) is 0 Å². The summed E-state index contributed by atoms with van der Waals surface area (Å²) >= 11 is 0. The standard InChI is InChI=1S/C11H22O5/c1-4-7-14-11(10(12)13,15-8-5-2)16-9-6-3/h4-9H2,1-3H3,(H,12,13). The Labute approximate surface area is 96.7 Å². The molecule has 0 fully saturated rings. The molecule has 0 aromatic carbocycles. The molecule has 0 radical (unpaired) electrons. The normalized spacial score (nSPS) is 11.7. The number of aliphatic carboxylic acids is 1. The fourth-order valence-corrected chi connectivity index (χ4v) is 1.02. The number of carbonyl (C=O) groups is 1. The molecule has 0 spiro atoms. The van der Waals surface area contributed by atoms with E-state index in [0.717, 1.165) is 0 Å². The second-order valence-corrected chi connectivity index (χ2v) is 3.41. The smallest absolute Gasteiger partial charge is 0.395 e. The average Bonchev–Trinajstić information content (AvgIpc) is 2.28. The Balaban J connectivity index is 4.52. The molecule has 0 saturated heterocycles. The molecule has 0 bridgehead atoms. The van der Waals surface area contributed by atoms with Crippen molar-refractivity contribution in [3.63, 3.8) is 0 Å². The molecular formula is C11H22O5. The van der Waals surface area contributed by atoms with Gasteiger partial charge in [-0.3, -0.25) is 0 Å². The lowest BCUT2D eigenvalue weighted by Crippen LogP contribution is -2.47. The summed E-state index contributed by atoms with van der Waals surface area (Å²) in [5.74, 6) is -3.16. The van der Waals surface area contributed by atoms with E-state index in [1.807, 2.05) is 20.8 Å². The minimum Gasteiger partial charge on any atom is -0.475 e. The van der Waals surface area contributed by atoms with Crippen LogP contribution in [0, 0.1) is 0 Å². The number of hydrogen-bond acceptors (Lipinski definition) is 4. The van der Waals surface area contributed by atoms with E-state index in [1.54, 1.807) is 0 Å². The molecule has 1 N–H and O–H groups in total. The van der Waals surface area contributed by atoms with Crippen molar-refractivity contribution in [2.75, 3.05) is 19.8 Å². The molecule has 96 valence electrons. The Bertz CT molecular complexity index is 171. The van der Waals surface area contributed by atoms with Gasteiger partial charge < -0.3 is 19.3 Å². The molecule has 0 atom stereocenters. The minimum atomic E-state index is -1.93. The van der Waals surface area contributed by atoms with Crippen LogP contribution < -0.4 is 0 Å². The van der Waals surface area contributed by atoms with E-state index in [-0.39, 0.29) is 0 Å². The fraction of sp³-hybridized carbons (Fsp3) is 0.909. The van der Waals surface area contributed by atoms with E-state index >= 15 is 0 Å². The minimum absolute atomic E-state index is 0.291.